The van der Waals surface area contributed by atoms with Crippen LogP contribution >= 0.6 is 0 Å². The van der Waals surface area contributed by atoms with E-state index in [9.17, 15) is 0 Å². The molecule has 0 atom stereocenters. The lowest BCUT2D eigenvalue weighted by atomic mass is 10.00. The highest BCUT2D eigenvalue weighted by Gasteiger charge is 2.15. The molecule has 0 saturated heterocycles. The summed E-state index contributed by atoms with van der Waals surface area (Å²) in [6, 6.07) is 57.7. The van der Waals surface area contributed by atoms with Crippen molar-refractivity contribution in [1.82, 2.24) is 15.0 Å². The van der Waals surface area contributed by atoms with E-state index >= 15 is 0 Å². The first kappa shape index (κ1) is 32.3. The minimum Gasteiger partial charge on any atom is -0.311 e. The molecule has 52 heavy (non-hydrogen) atoms. The summed E-state index contributed by atoms with van der Waals surface area (Å²) in [5, 5.41) is 3.40. The lowest BCUT2D eigenvalue weighted by Crippen LogP contribution is -2.09. The molecule has 0 spiro atoms. The summed E-state index contributed by atoms with van der Waals surface area (Å²) in [5.41, 5.74) is 13.0. The summed E-state index contributed by atoms with van der Waals surface area (Å²) in [7, 11) is 0. The highest BCUT2D eigenvalue weighted by molar-refractivity contribution is 5.96. The molecule has 0 radical (unpaired) electrons. The number of aromatic nitrogens is 3. The van der Waals surface area contributed by atoms with Crippen LogP contribution in [-0.4, -0.2) is 15.0 Å². The Hall–Kier alpha value is -6.91. The lowest BCUT2D eigenvalue weighted by Gasteiger charge is -2.26. The SMILES string of the molecule is C=CC.c1cnc2c(-c3ccc(N(c4ccc(-c5cccc6cccnc56)cc4)c4ccc(-c5cccc6cccnc56)cc4)cc3)cccc2c1. The summed E-state index contributed by atoms with van der Waals surface area (Å²) in [6.45, 7) is 5.25. The van der Waals surface area contributed by atoms with E-state index in [-0.39, 0.29) is 0 Å². The molecular weight excluding hydrogens is 633 g/mol. The fourth-order valence-corrected chi connectivity index (χ4v) is 6.83. The minimum absolute atomic E-state index is 1.01. The second kappa shape index (κ2) is 14.5. The number of fused-ring (bicyclic) bond motifs is 3. The van der Waals surface area contributed by atoms with Gasteiger partial charge in [0.05, 0.1) is 16.6 Å². The van der Waals surface area contributed by atoms with Crippen molar-refractivity contribution in [2.24, 2.45) is 0 Å². The van der Waals surface area contributed by atoms with Crippen LogP contribution in [-0.2, 0) is 0 Å². The van der Waals surface area contributed by atoms with Crippen LogP contribution in [0.3, 0.4) is 0 Å². The smallest absolute Gasteiger partial charge is 0.0780 e. The van der Waals surface area contributed by atoms with E-state index in [0.29, 0.717) is 0 Å². The van der Waals surface area contributed by atoms with Crippen molar-refractivity contribution in [3.63, 3.8) is 0 Å². The van der Waals surface area contributed by atoms with Gasteiger partial charge in [0.2, 0.25) is 0 Å². The molecule has 9 rings (SSSR count). The van der Waals surface area contributed by atoms with Crippen LogP contribution in [0.2, 0.25) is 0 Å². The first-order valence-corrected chi connectivity index (χ1v) is 17.4. The first-order chi connectivity index (χ1) is 25.7. The number of pyridine rings is 3. The first-order valence-electron chi connectivity index (χ1n) is 17.4. The summed E-state index contributed by atoms with van der Waals surface area (Å²) in [6.07, 6.45) is 7.33. The average molecular weight is 669 g/mol. The number of allylic oxidation sites excluding steroid dienone is 1. The summed E-state index contributed by atoms with van der Waals surface area (Å²) in [5.74, 6) is 0. The lowest BCUT2D eigenvalue weighted by molar-refractivity contribution is 1.28. The maximum absolute atomic E-state index is 4.70. The van der Waals surface area contributed by atoms with Crippen molar-refractivity contribution >= 4 is 49.8 Å². The molecule has 248 valence electrons. The molecule has 0 saturated carbocycles. The van der Waals surface area contributed by atoms with Crippen LogP contribution in [0.4, 0.5) is 17.1 Å². The molecule has 0 amide bonds. The second-order valence-corrected chi connectivity index (χ2v) is 12.5. The third-order valence-electron chi connectivity index (χ3n) is 9.21. The topological polar surface area (TPSA) is 41.9 Å². The van der Waals surface area contributed by atoms with Gasteiger partial charge in [-0.05, 0) is 78.2 Å². The molecule has 0 unspecified atom stereocenters. The van der Waals surface area contributed by atoms with Crippen LogP contribution < -0.4 is 4.90 Å². The minimum atomic E-state index is 1.01. The standard InChI is InChI=1S/C45H30N4.C3H6/c1-7-34-10-4-28-46-43(34)40(13-1)31-16-22-37(23-17-31)49(38-24-18-32(19-25-38)41-14-2-8-35-11-5-29-47-44(35)41)39-26-20-33(21-27-39)42-15-3-9-36-12-6-30-48-45(36)42;1-3-2/h1-30H;3H,1H2,2H3. The van der Waals surface area contributed by atoms with E-state index in [1.165, 1.54) is 0 Å². The highest BCUT2D eigenvalue weighted by Crippen LogP contribution is 2.39. The molecule has 3 aromatic heterocycles. The Morgan fingerprint density at radius 1 is 0.385 bits per heavy atom. The zero-order valence-corrected chi connectivity index (χ0v) is 28.9. The Kier molecular flexibility index (Phi) is 9.02. The Labute approximate surface area is 304 Å². The number of rotatable bonds is 6. The van der Waals surface area contributed by atoms with Crippen LogP contribution in [0, 0.1) is 0 Å². The predicted molar refractivity (Wildman–Crippen MR) is 219 cm³/mol. The third-order valence-corrected chi connectivity index (χ3v) is 9.21. The number of hydrogen-bond donors (Lipinski definition) is 0. The molecule has 0 aliphatic heterocycles. The van der Waals surface area contributed by atoms with Crippen molar-refractivity contribution in [1.29, 1.82) is 0 Å². The Bertz CT molecular complexity index is 2340. The normalized spacial score (nSPS) is 10.9. The van der Waals surface area contributed by atoms with Gasteiger partial charge >= 0.3 is 0 Å². The van der Waals surface area contributed by atoms with Gasteiger partial charge in [-0.15, -0.1) is 6.58 Å². The highest BCUT2D eigenvalue weighted by atomic mass is 15.1. The Balaban J connectivity index is 0.00000125. The maximum atomic E-state index is 4.70. The summed E-state index contributed by atoms with van der Waals surface area (Å²) in [4.78, 5) is 16.4. The summed E-state index contributed by atoms with van der Waals surface area (Å²) < 4.78 is 0. The van der Waals surface area contributed by atoms with Crippen molar-refractivity contribution in [2.75, 3.05) is 4.90 Å². The van der Waals surface area contributed by atoms with Gasteiger partial charge in [-0.2, -0.15) is 0 Å². The van der Waals surface area contributed by atoms with E-state index in [1.807, 2.05) is 43.7 Å². The van der Waals surface area contributed by atoms with Crippen LogP contribution in [0.15, 0.2) is 195 Å². The Morgan fingerprint density at radius 2 is 0.654 bits per heavy atom. The fourth-order valence-electron chi connectivity index (χ4n) is 6.83. The van der Waals surface area contributed by atoms with E-state index in [4.69, 9.17) is 15.0 Å². The van der Waals surface area contributed by atoms with Crippen molar-refractivity contribution < 1.29 is 0 Å². The van der Waals surface area contributed by atoms with Gasteiger partial charge in [0, 0.05) is 68.5 Å². The molecule has 0 N–H and O–H groups in total. The van der Waals surface area contributed by atoms with Gasteiger partial charge in [0.1, 0.15) is 0 Å². The molecule has 9 aromatic rings. The van der Waals surface area contributed by atoms with Gasteiger partial charge < -0.3 is 4.90 Å². The largest absolute Gasteiger partial charge is 0.311 e. The number of anilines is 3. The molecule has 4 heteroatoms. The molecule has 3 heterocycles. The van der Waals surface area contributed by atoms with Crippen LogP contribution in [0.1, 0.15) is 6.92 Å². The fraction of sp³-hybridized carbons (Fsp3) is 0.0208. The van der Waals surface area contributed by atoms with E-state index < -0.39 is 0 Å². The van der Waals surface area contributed by atoms with E-state index in [0.717, 1.165) is 83.2 Å². The molecule has 0 aliphatic carbocycles. The number of nitrogens with zero attached hydrogens (tertiary/aromatic N) is 4. The van der Waals surface area contributed by atoms with Gasteiger partial charge in [-0.25, -0.2) is 0 Å². The van der Waals surface area contributed by atoms with E-state index in [1.54, 1.807) is 6.08 Å². The van der Waals surface area contributed by atoms with Crippen LogP contribution in [0.5, 0.6) is 0 Å². The third kappa shape index (κ3) is 6.30. The van der Waals surface area contributed by atoms with Gasteiger partial charge in [-0.3, -0.25) is 15.0 Å². The molecule has 4 nitrogen and oxygen atoms in total. The number of hydrogen-bond acceptors (Lipinski definition) is 4. The van der Waals surface area contributed by atoms with Crippen LogP contribution in [0.25, 0.3) is 66.1 Å². The molecule has 6 aromatic carbocycles. The zero-order valence-electron chi connectivity index (χ0n) is 28.9. The quantitative estimate of drug-likeness (QED) is 0.165. The molecule has 0 aliphatic rings. The molecule has 0 bridgehead atoms. The predicted octanol–water partition coefficient (Wildman–Crippen LogP) is 13.0. The summed E-state index contributed by atoms with van der Waals surface area (Å²) >= 11 is 0. The molecule has 0 fully saturated rings. The van der Waals surface area contributed by atoms with Crippen molar-refractivity contribution in [2.45, 2.75) is 6.92 Å². The van der Waals surface area contributed by atoms with Gasteiger partial charge in [0.25, 0.3) is 0 Å². The van der Waals surface area contributed by atoms with Gasteiger partial charge in [0.15, 0.2) is 0 Å². The Morgan fingerprint density at radius 3 is 0.942 bits per heavy atom. The molecular formula is C48H36N4. The average Bonchev–Trinajstić information content (AvgIpc) is 3.21. The maximum Gasteiger partial charge on any atom is 0.0780 e. The van der Waals surface area contributed by atoms with Crippen molar-refractivity contribution in [3.8, 4) is 33.4 Å². The second-order valence-electron chi connectivity index (χ2n) is 12.5. The van der Waals surface area contributed by atoms with Gasteiger partial charge in [-0.1, -0.05) is 115 Å². The number of para-hydroxylation sites is 3. The van der Waals surface area contributed by atoms with Crippen molar-refractivity contribution in [3.05, 3.63) is 195 Å². The number of benzene rings is 6. The van der Waals surface area contributed by atoms with E-state index in [2.05, 4.69) is 157 Å². The zero-order chi connectivity index (χ0) is 35.3. The monoisotopic (exact) mass is 668 g/mol.